The molecule has 0 bridgehead atoms. The fourth-order valence-electron chi connectivity index (χ4n) is 1.68. The molecule has 1 aromatic rings. The summed E-state index contributed by atoms with van der Waals surface area (Å²) in [4.78, 5) is 4.59. The van der Waals surface area contributed by atoms with E-state index in [1.165, 1.54) is 12.8 Å². The summed E-state index contributed by atoms with van der Waals surface area (Å²) in [6.45, 7) is 5.20. The molecule has 15 heavy (non-hydrogen) atoms. The minimum Gasteiger partial charge on any atom is -0.359 e. The second kappa shape index (κ2) is 4.87. The van der Waals surface area contributed by atoms with Crippen molar-refractivity contribution in [3.05, 3.63) is 30.9 Å². The Bertz CT molecular complexity index is 304. The van der Waals surface area contributed by atoms with Crippen molar-refractivity contribution in [3.63, 3.8) is 0 Å². The summed E-state index contributed by atoms with van der Waals surface area (Å²) in [6, 6.07) is 1.95. The van der Waals surface area contributed by atoms with Crippen LogP contribution >= 0.6 is 0 Å². The molecule has 1 aromatic heterocycles. The van der Waals surface area contributed by atoms with Crippen LogP contribution in [0.2, 0.25) is 0 Å². The van der Waals surface area contributed by atoms with Crippen molar-refractivity contribution in [2.45, 2.75) is 26.4 Å². The van der Waals surface area contributed by atoms with Gasteiger partial charge in [0.15, 0.2) is 0 Å². The highest BCUT2D eigenvalue weighted by Crippen LogP contribution is 2.08. The monoisotopic (exact) mass is 206 g/mol. The molecule has 1 aliphatic rings. The second-order valence-corrected chi connectivity index (χ2v) is 3.88. The summed E-state index contributed by atoms with van der Waals surface area (Å²) in [7, 11) is 0. The van der Waals surface area contributed by atoms with Crippen molar-refractivity contribution >= 4 is 0 Å². The molecule has 1 aliphatic heterocycles. The average Bonchev–Trinajstić information content (AvgIpc) is 2.87. The third-order valence-corrected chi connectivity index (χ3v) is 2.54. The first-order valence-electron chi connectivity index (χ1n) is 5.52. The molecule has 0 saturated carbocycles. The Morgan fingerprint density at radius 1 is 1.27 bits per heavy atom. The summed E-state index contributed by atoms with van der Waals surface area (Å²) in [5.74, 6) is 0. The molecule has 0 atom stereocenters. The van der Waals surface area contributed by atoms with E-state index in [0.29, 0.717) is 0 Å². The van der Waals surface area contributed by atoms with E-state index in [-0.39, 0.29) is 0 Å². The van der Waals surface area contributed by atoms with Crippen LogP contribution < -0.4 is 0 Å². The van der Waals surface area contributed by atoms with Crippen LogP contribution in [0.5, 0.6) is 0 Å². The Hall–Kier alpha value is -1.45. The Morgan fingerprint density at radius 2 is 2.13 bits per heavy atom. The molecule has 0 aromatic carbocycles. The number of rotatable bonds is 5. The highest BCUT2D eigenvalue weighted by atomic mass is 15.4. The van der Waals surface area contributed by atoms with Gasteiger partial charge in [-0.1, -0.05) is 13.3 Å². The van der Waals surface area contributed by atoms with Crippen molar-refractivity contribution in [3.8, 4) is 0 Å². The number of hydrogen-bond donors (Lipinski definition) is 0. The molecule has 0 fully saturated rings. The quantitative estimate of drug-likeness (QED) is 0.732. The van der Waals surface area contributed by atoms with Crippen LogP contribution in [0, 0.1) is 0 Å². The first kappa shape index (κ1) is 10.1. The molecule has 0 spiro atoms. The minimum absolute atomic E-state index is 0.839. The van der Waals surface area contributed by atoms with Gasteiger partial charge >= 0.3 is 0 Å². The van der Waals surface area contributed by atoms with Crippen LogP contribution in [0.25, 0.3) is 0 Å². The van der Waals surface area contributed by atoms with Gasteiger partial charge in [0.05, 0.1) is 6.67 Å². The first-order chi connectivity index (χ1) is 7.38. The Labute approximate surface area is 90.8 Å². The van der Waals surface area contributed by atoms with Crippen molar-refractivity contribution in [1.29, 1.82) is 0 Å². The van der Waals surface area contributed by atoms with Crippen molar-refractivity contribution in [2.75, 3.05) is 13.2 Å². The topological polar surface area (TPSA) is 24.3 Å². The lowest BCUT2D eigenvalue weighted by Crippen LogP contribution is -2.27. The maximum absolute atomic E-state index is 4.19. The minimum atomic E-state index is 0.839. The lowest BCUT2D eigenvalue weighted by Gasteiger charge is -2.20. The Balaban J connectivity index is 1.76. The van der Waals surface area contributed by atoms with Gasteiger partial charge in [-0.05, 0) is 12.5 Å². The molecule has 2 heterocycles. The molecule has 2 rings (SSSR count). The van der Waals surface area contributed by atoms with Crippen LogP contribution in [0.4, 0.5) is 0 Å². The smallest absolute Gasteiger partial charge is 0.113 e. The van der Waals surface area contributed by atoms with Gasteiger partial charge in [-0.15, -0.1) is 0 Å². The summed E-state index contributed by atoms with van der Waals surface area (Å²) in [5, 5.41) is 4.19. The summed E-state index contributed by atoms with van der Waals surface area (Å²) >= 11 is 0. The molecule has 0 radical (unpaired) electrons. The highest BCUT2D eigenvalue weighted by Gasteiger charge is 2.11. The standard InChI is InChI=1S/C11H18N4/c1-2-3-6-13-8-9-14(10-13)11-15-7-4-5-12-15/h4-5,7-9H,2-3,6,10-11H2,1H3. The molecule has 0 N–H and O–H groups in total. The van der Waals surface area contributed by atoms with E-state index in [1.807, 2.05) is 23.1 Å². The fraction of sp³-hybridized carbons (Fsp3) is 0.545. The van der Waals surface area contributed by atoms with Crippen molar-refractivity contribution in [2.24, 2.45) is 0 Å². The molecule has 0 saturated heterocycles. The molecule has 4 nitrogen and oxygen atoms in total. The van der Waals surface area contributed by atoms with Crippen LogP contribution in [0.1, 0.15) is 19.8 Å². The van der Waals surface area contributed by atoms with Crippen LogP contribution in [-0.4, -0.2) is 32.8 Å². The van der Waals surface area contributed by atoms with E-state index in [2.05, 4.69) is 34.2 Å². The third kappa shape index (κ3) is 2.75. The lowest BCUT2D eigenvalue weighted by atomic mass is 10.3. The zero-order chi connectivity index (χ0) is 10.5. The van der Waals surface area contributed by atoms with Gasteiger partial charge in [-0.2, -0.15) is 5.10 Å². The molecule has 0 unspecified atom stereocenters. The fourth-order valence-corrected chi connectivity index (χ4v) is 1.68. The number of hydrogen-bond acceptors (Lipinski definition) is 3. The summed E-state index contributed by atoms with van der Waals surface area (Å²) in [5.41, 5.74) is 0. The van der Waals surface area contributed by atoms with E-state index in [9.17, 15) is 0 Å². The van der Waals surface area contributed by atoms with Gasteiger partial charge in [0.1, 0.15) is 6.67 Å². The molecule has 0 aliphatic carbocycles. The number of nitrogens with zero attached hydrogens (tertiary/aromatic N) is 4. The van der Waals surface area contributed by atoms with E-state index in [0.717, 1.165) is 19.9 Å². The third-order valence-electron chi connectivity index (χ3n) is 2.54. The lowest BCUT2D eigenvalue weighted by molar-refractivity contribution is 0.218. The van der Waals surface area contributed by atoms with E-state index < -0.39 is 0 Å². The number of unbranched alkanes of at least 4 members (excludes halogenated alkanes) is 1. The molecular formula is C11H18N4. The molecule has 4 heteroatoms. The highest BCUT2D eigenvalue weighted by molar-refractivity contribution is 4.89. The normalized spacial score (nSPS) is 15.3. The largest absolute Gasteiger partial charge is 0.359 e. The predicted octanol–water partition coefficient (Wildman–Crippen LogP) is 1.69. The SMILES string of the molecule is CCCCN1C=CN(Cn2cccn2)C1. The van der Waals surface area contributed by atoms with Crippen LogP contribution in [0.15, 0.2) is 30.9 Å². The summed E-state index contributed by atoms with van der Waals surface area (Å²) < 4.78 is 1.94. The Kier molecular flexibility index (Phi) is 3.27. The number of aromatic nitrogens is 2. The molecular weight excluding hydrogens is 188 g/mol. The van der Waals surface area contributed by atoms with Gasteiger partial charge in [-0.3, -0.25) is 4.68 Å². The van der Waals surface area contributed by atoms with E-state index >= 15 is 0 Å². The van der Waals surface area contributed by atoms with Gasteiger partial charge in [0.25, 0.3) is 0 Å². The van der Waals surface area contributed by atoms with E-state index in [1.54, 1.807) is 0 Å². The van der Waals surface area contributed by atoms with Crippen LogP contribution in [0.3, 0.4) is 0 Å². The zero-order valence-corrected chi connectivity index (χ0v) is 9.21. The zero-order valence-electron chi connectivity index (χ0n) is 9.21. The average molecular weight is 206 g/mol. The maximum Gasteiger partial charge on any atom is 0.113 e. The maximum atomic E-state index is 4.19. The second-order valence-electron chi connectivity index (χ2n) is 3.88. The van der Waals surface area contributed by atoms with Gasteiger partial charge in [0.2, 0.25) is 0 Å². The molecule has 82 valence electrons. The summed E-state index contributed by atoms with van der Waals surface area (Å²) in [6.07, 6.45) is 10.6. The first-order valence-corrected chi connectivity index (χ1v) is 5.52. The van der Waals surface area contributed by atoms with Gasteiger partial charge in [0, 0.05) is 31.3 Å². The molecule has 0 amide bonds. The Morgan fingerprint density at radius 3 is 2.87 bits per heavy atom. The van der Waals surface area contributed by atoms with Crippen molar-refractivity contribution < 1.29 is 0 Å². The van der Waals surface area contributed by atoms with Crippen molar-refractivity contribution in [1.82, 2.24) is 19.6 Å². The van der Waals surface area contributed by atoms with Crippen LogP contribution in [-0.2, 0) is 6.67 Å². The van der Waals surface area contributed by atoms with Gasteiger partial charge in [-0.25, -0.2) is 0 Å². The van der Waals surface area contributed by atoms with Gasteiger partial charge < -0.3 is 9.80 Å². The van der Waals surface area contributed by atoms with E-state index in [4.69, 9.17) is 0 Å². The predicted molar refractivity (Wildman–Crippen MR) is 59.7 cm³/mol.